The average molecular weight is 794 g/mol. The number of aliphatic carboxylic acids is 6. The molecule has 0 fully saturated rings. The van der Waals surface area contributed by atoms with Gasteiger partial charge >= 0.3 is 149 Å². The zero-order valence-electron chi connectivity index (χ0n) is 24.7. The minimum absolute atomic E-state index is 0. The number of hydrogen-bond acceptors (Lipinski definition) is 17. The number of hydrogen-bond donors (Lipinski definition) is 9. The number of carboxylic acids is 6. The summed E-state index contributed by atoms with van der Waals surface area (Å²) in [5, 5.41) is 50.0. The molecule has 0 saturated heterocycles. The molecule has 0 spiro atoms. The topological polar surface area (TPSA) is 474 Å². The molecule has 0 aromatic heterocycles. The molecule has 256 valence electrons. The van der Waals surface area contributed by atoms with E-state index < -0.39 is 87.3 Å². The van der Waals surface area contributed by atoms with Gasteiger partial charge in [-0.25, -0.2) is 0 Å². The van der Waals surface area contributed by atoms with Gasteiger partial charge in [0.1, 0.15) is 18.1 Å². The van der Waals surface area contributed by atoms with Crippen molar-refractivity contribution in [1.29, 1.82) is 0 Å². The maximum absolute atomic E-state index is 10.2. The monoisotopic (exact) mass is 793 g/mol. The van der Waals surface area contributed by atoms with Crippen LogP contribution in [0.25, 0.3) is 0 Å². The maximum Gasteiger partial charge on any atom is 2.00 e. The summed E-state index contributed by atoms with van der Waals surface area (Å²) < 4.78 is 17.1. The zero-order chi connectivity index (χ0) is 36.0. The van der Waals surface area contributed by atoms with E-state index in [1.54, 1.807) is 0 Å². The van der Waals surface area contributed by atoms with E-state index in [-0.39, 0.29) is 132 Å². The van der Waals surface area contributed by atoms with Gasteiger partial charge in [-0.15, -0.1) is 0 Å². The number of rotatable bonds is 12. The van der Waals surface area contributed by atoms with Crippen molar-refractivity contribution in [3.63, 3.8) is 0 Å². The van der Waals surface area contributed by atoms with Crippen molar-refractivity contribution in [2.45, 2.75) is 58.2 Å². The average Bonchev–Trinajstić information content (AvgIpc) is 2.76. The summed E-state index contributed by atoms with van der Waals surface area (Å²) in [6, 6.07) is -3.25. The molecule has 46 heavy (non-hydrogen) atoms. The fourth-order valence-corrected chi connectivity index (χ4v) is 1.75. The van der Waals surface area contributed by atoms with Crippen LogP contribution in [0.4, 0.5) is 0 Å². The van der Waals surface area contributed by atoms with E-state index in [2.05, 4.69) is 0 Å². The van der Waals surface area contributed by atoms with Gasteiger partial charge in [0.25, 0.3) is 0 Å². The van der Waals surface area contributed by atoms with Crippen LogP contribution in [-0.4, -0.2) is 198 Å². The van der Waals surface area contributed by atoms with Gasteiger partial charge in [0.15, 0.2) is 0 Å². The maximum atomic E-state index is 10.2. The van der Waals surface area contributed by atoms with Gasteiger partial charge in [-0.3, -0.25) is 28.8 Å². The van der Waals surface area contributed by atoms with Gasteiger partial charge in [-0.05, 0) is 19.3 Å². The van der Waals surface area contributed by atoms with Gasteiger partial charge in [0.2, 0.25) is 0 Å². The Hall–Kier alpha value is 0.699. The molecule has 0 aromatic carbocycles. The van der Waals surface area contributed by atoms with Crippen molar-refractivity contribution in [1.82, 2.24) is 0 Å². The fraction of sp³-hybridized carbons (Fsp3) is 0.667. The van der Waals surface area contributed by atoms with Crippen LogP contribution in [0.3, 0.4) is 0 Å². The first-order valence-corrected chi connectivity index (χ1v) is 13.9. The Balaban J connectivity index is -0.0000000666. The smallest absolute Gasteiger partial charge is 0.822 e. The Morgan fingerprint density at radius 3 is 0.630 bits per heavy atom. The molecule has 23 nitrogen and oxygen atoms in total. The van der Waals surface area contributed by atoms with Gasteiger partial charge in [-0.2, -0.15) is 15.6 Å². The van der Waals surface area contributed by atoms with Crippen LogP contribution in [0.5, 0.6) is 0 Å². The normalized spacial score (nSPS) is 13.7. The minimum Gasteiger partial charge on any atom is -0.822 e. The van der Waals surface area contributed by atoms with Crippen LogP contribution in [0.15, 0.2) is 0 Å². The predicted molar refractivity (Wildman–Crippen MR) is 144 cm³/mol. The predicted octanol–water partition coefficient (Wildman–Crippen LogP) is -8.26. The number of nitrogens with two attached hydrogens (primary N) is 3. The molecule has 6 atom stereocenters. The zero-order valence-corrected chi connectivity index (χ0v) is 33.1. The molecule has 0 rings (SSSR count). The molecule has 0 aromatic rings. The summed E-state index contributed by atoms with van der Waals surface area (Å²) in [6.45, 7) is 4.27. The Labute approximate surface area is 351 Å². The molecular formula is C18H33Ca3N3O20P2. The Morgan fingerprint density at radius 1 is 0.457 bits per heavy atom. The van der Waals surface area contributed by atoms with Crippen LogP contribution in [0.2, 0.25) is 0 Å². The van der Waals surface area contributed by atoms with Crippen molar-refractivity contribution in [2.75, 3.05) is 0 Å². The molecule has 0 heterocycles. The summed E-state index contributed by atoms with van der Waals surface area (Å²) in [4.78, 5) is 112. The molecule has 0 bridgehead atoms. The van der Waals surface area contributed by atoms with E-state index in [1.807, 2.05) is 0 Å². The third kappa shape index (κ3) is 63.4. The van der Waals surface area contributed by atoms with Crippen molar-refractivity contribution >= 4 is 165 Å². The molecule has 0 aliphatic heterocycles. The second-order valence-corrected chi connectivity index (χ2v) is 9.94. The number of phosphoric acid groups is 2. The summed E-state index contributed by atoms with van der Waals surface area (Å²) in [5.41, 5.74) is 15.3. The van der Waals surface area contributed by atoms with Crippen molar-refractivity contribution in [3.8, 4) is 0 Å². The van der Waals surface area contributed by atoms with Gasteiger partial charge < -0.3 is 86.3 Å². The van der Waals surface area contributed by atoms with E-state index in [9.17, 15) is 28.8 Å². The Kier molecular flexibility index (Phi) is 48.4. The molecule has 3 unspecified atom stereocenters. The van der Waals surface area contributed by atoms with Crippen LogP contribution in [0.1, 0.15) is 40.0 Å². The Morgan fingerprint density at radius 2 is 0.565 bits per heavy atom. The SMILES string of the molecule is CC(C[C@H](N)C(=O)O)C(=O)O.CC(C[C@H](N)C(=O)O)C(=O)O.CC(C[C@H](N)C(=O)O)C(=O)O.O=P([O-])([O-])[O-].O=P([O-])([O-])[O-].[Ca+2].[Ca+2].[Ca+2]. The molecule has 0 aliphatic rings. The van der Waals surface area contributed by atoms with Crippen LogP contribution in [0, 0.1) is 17.8 Å². The number of carboxylic acid groups (broad SMARTS) is 6. The molecule has 0 amide bonds. The number of carbonyl (C=O) groups is 6. The summed E-state index contributed by atoms with van der Waals surface area (Å²) in [6.07, 6.45) is -0.111. The Bertz CT molecular complexity index is 817. The van der Waals surface area contributed by atoms with Crippen LogP contribution in [-0.2, 0) is 37.9 Å². The largest absolute Gasteiger partial charge is 2.00 e. The van der Waals surface area contributed by atoms with Crippen LogP contribution < -0.4 is 46.6 Å². The third-order valence-corrected chi connectivity index (χ3v) is 4.04. The fourth-order valence-electron chi connectivity index (χ4n) is 1.75. The first-order chi connectivity index (χ1) is 18.8. The van der Waals surface area contributed by atoms with E-state index >= 15 is 0 Å². The van der Waals surface area contributed by atoms with E-state index in [0.717, 1.165) is 0 Å². The first kappa shape index (κ1) is 65.1. The van der Waals surface area contributed by atoms with Crippen LogP contribution >= 0.6 is 15.6 Å². The minimum atomic E-state index is -5.39. The third-order valence-electron chi connectivity index (χ3n) is 4.04. The van der Waals surface area contributed by atoms with Gasteiger partial charge in [0, 0.05) is 0 Å². The van der Waals surface area contributed by atoms with E-state index in [0.29, 0.717) is 0 Å². The molecular weight excluding hydrogens is 760 g/mol. The molecule has 28 heteroatoms. The summed E-state index contributed by atoms with van der Waals surface area (Å²) in [7, 11) is -10.8. The second kappa shape index (κ2) is 34.2. The van der Waals surface area contributed by atoms with E-state index in [1.165, 1.54) is 20.8 Å². The van der Waals surface area contributed by atoms with Gasteiger partial charge in [-0.1, -0.05) is 20.8 Å². The van der Waals surface area contributed by atoms with Gasteiger partial charge in [0.05, 0.1) is 17.8 Å². The van der Waals surface area contributed by atoms with Crippen molar-refractivity contribution < 1.29 is 97.9 Å². The molecule has 12 N–H and O–H groups in total. The van der Waals surface area contributed by atoms with Crippen molar-refractivity contribution in [3.05, 3.63) is 0 Å². The summed E-state index contributed by atoms with van der Waals surface area (Å²) >= 11 is 0. The second-order valence-electron chi connectivity index (χ2n) is 8.15. The molecule has 0 saturated carbocycles. The van der Waals surface area contributed by atoms with E-state index in [4.69, 9.17) is 86.3 Å². The quantitative estimate of drug-likeness (QED) is 0.0654. The molecule has 0 aliphatic carbocycles. The standard InChI is InChI=1S/3C6H11NO4.3Ca.2H3O4P/c3*1-3(5(8)9)2-4(7)6(10)11;;;;2*1-5(2,3)4/h3*3-4H,2,7H2,1H3,(H,8,9)(H,10,11);;;;2*(H3,1,2,3,4)/q;;;3*+2;;/p-6/t3*3?,4-;;;;;/m000...../s1. The first-order valence-electron chi connectivity index (χ1n) is 10.9. The summed E-state index contributed by atoms with van der Waals surface area (Å²) in [5.74, 6) is -8.71. The molecule has 0 radical (unpaired) electrons. The van der Waals surface area contributed by atoms with Crippen molar-refractivity contribution in [2.24, 2.45) is 35.0 Å².